The summed E-state index contributed by atoms with van der Waals surface area (Å²) in [6, 6.07) is 40.5. The molecule has 0 spiro atoms. The summed E-state index contributed by atoms with van der Waals surface area (Å²) in [4.78, 5) is 9.27. The summed E-state index contributed by atoms with van der Waals surface area (Å²) in [7, 11) is 0. The molecule has 1 unspecified atom stereocenters. The van der Waals surface area contributed by atoms with E-state index in [9.17, 15) is 1.37 Å². The fourth-order valence-corrected chi connectivity index (χ4v) is 10.2. The zero-order valence-electron chi connectivity index (χ0n) is 29.1. The van der Waals surface area contributed by atoms with E-state index in [2.05, 4.69) is 102 Å². The van der Waals surface area contributed by atoms with Crippen molar-refractivity contribution in [2.75, 3.05) is 0 Å². The average Bonchev–Trinajstić information content (AvgIpc) is 3.49. The molecule has 3 heterocycles. The first kappa shape index (κ1) is 33.4. The van der Waals surface area contributed by atoms with Crippen LogP contribution in [-0.2, 0) is 20.1 Å². The standard InChI is InChI=1S/C29H26NS.C14H16GeN.Ir/c1-19(20-8-3-2-4-9-20)21-14-15-30-27(17-21)25-13-7-12-24-26-16-22-10-5-6-11-23(22)18-28(26)31-29(24)25;1-15(2,3)13-9-10-14(16-11-13)12-7-5-4-6-8-12;/h5-7,10-12,14-20H,2-4,8-9H2,1H3;4-7,9-11H,1-3H3;/q2*-1;/i19D;;. The molecule has 0 amide bonds. The summed E-state index contributed by atoms with van der Waals surface area (Å²) in [6.45, 7) is 2.09. The Morgan fingerprint density at radius 1 is 0.792 bits per heavy atom. The van der Waals surface area contributed by atoms with E-state index in [4.69, 9.17) is 4.98 Å². The van der Waals surface area contributed by atoms with Crippen LogP contribution in [0.15, 0.2) is 109 Å². The van der Waals surface area contributed by atoms with E-state index in [-0.39, 0.29) is 20.1 Å². The molecule has 1 atom stereocenters. The van der Waals surface area contributed by atoms with Gasteiger partial charge in [-0.05, 0) is 69.4 Å². The third-order valence-corrected chi connectivity index (χ3v) is 15.0. The fraction of sp³-hybridized carbons (Fsp3) is 0.256. The van der Waals surface area contributed by atoms with Gasteiger partial charge < -0.3 is 4.98 Å². The fourth-order valence-electron chi connectivity index (χ4n) is 6.75. The normalized spacial score (nSPS) is 15.3. The number of benzene rings is 4. The van der Waals surface area contributed by atoms with E-state index in [0.717, 1.165) is 40.9 Å². The van der Waals surface area contributed by atoms with Crippen LogP contribution in [0.4, 0.5) is 0 Å². The van der Waals surface area contributed by atoms with Gasteiger partial charge in [0, 0.05) is 32.4 Å². The molecule has 0 saturated heterocycles. The van der Waals surface area contributed by atoms with E-state index < -0.39 is 19.2 Å². The molecule has 1 radical (unpaired) electrons. The minimum Gasteiger partial charge on any atom is 0 e. The minimum absolute atomic E-state index is 0. The second-order valence-electron chi connectivity index (χ2n) is 13.8. The molecule has 48 heavy (non-hydrogen) atoms. The predicted molar refractivity (Wildman–Crippen MR) is 205 cm³/mol. The van der Waals surface area contributed by atoms with Gasteiger partial charge in [0.25, 0.3) is 0 Å². The monoisotopic (exact) mass is 886 g/mol. The van der Waals surface area contributed by atoms with Crippen molar-refractivity contribution in [3.63, 3.8) is 0 Å². The van der Waals surface area contributed by atoms with Crippen molar-refractivity contribution in [3.8, 4) is 22.5 Å². The Morgan fingerprint density at radius 3 is 2.27 bits per heavy atom. The molecule has 1 aliphatic rings. The predicted octanol–water partition coefficient (Wildman–Crippen LogP) is 11.8. The Balaban J connectivity index is 0.000000208. The molecule has 7 aromatic rings. The molecule has 0 aliphatic heterocycles. The minimum atomic E-state index is -1.72. The average molecular weight is 885 g/mol. The molecular weight excluding hydrogens is 841 g/mol. The molecule has 1 saturated carbocycles. The number of pyridine rings is 2. The van der Waals surface area contributed by atoms with Crippen molar-refractivity contribution in [1.82, 2.24) is 9.97 Å². The van der Waals surface area contributed by atoms with Crippen molar-refractivity contribution in [2.24, 2.45) is 5.92 Å². The van der Waals surface area contributed by atoms with Crippen molar-refractivity contribution >= 4 is 59.9 Å². The van der Waals surface area contributed by atoms with Crippen LogP contribution in [0.3, 0.4) is 0 Å². The molecule has 0 bridgehead atoms. The van der Waals surface area contributed by atoms with Gasteiger partial charge in [0.15, 0.2) is 0 Å². The topological polar surface area (TPSA) is 25.8 Å². The van der Waals surface area contributed by atoms with Crippen molar-refractivity contribution in [2.45, 2.75) is 62.2 Å². The molecule has 4 aromatic carbocycles. The molecule has 245 valence electrons. The first-order chi connectivity index (χ1) is 23.2. The zero-order valence-corrected chi connectivity index (χ0v) is 33.5. The van der Waals surface area contributed by atoms with Gasteiger partial charge in [-0.1, -0.05) is 67.5 Å². The van der Waals surface area contributed by atoms with Gasteiger partial charge in [-0.2, -0.15) is 11.3 Å². The van der Waals surface area contributed by atoms with Crippen LogP contribution < -0.4 is 4.40 Å². The van der Waals surface area contributed by atoms with E-state index in [0.29, 0.717) is 5.92 Å². The van der Waals surface area contributed by atoms with Crippen LogP contribution in [0.25, 0.3) is 53.5 Å². The van der Waals surface area contributed by atoms with Gasteiger partial charge in [-0.3, -0.25) is 0 Å². The SMILES string of the molecule is [2H]C(C)(c1ccnc(-c2[c-]ccc3c2sc2cc4ccccc4cc23)c1)C1CCCCC1.[CH3][Ge]([CH3])([CH3])[c]1ccc(-c2[c-]cccc2)nc1.[Ir]. The van der Waals surface area contributed by atoms with E-state index >= 15 is 0 Å². The first-order valence-corrected chi connectivity index (χ1v) is 25.0. The van der Waals surface area contributed by atoms with Crippen molar-refractivity contribution in [3.05, 3.63) is 127 Å². The van der Waals surface area contributed by atoms with Crippen molar-refractivity contribution < 1.29 is 21.5 Å². The van der Waals surface area contributed by atoms with E-state index in [1.54, 1.807) is 0 Å². The largest absolute Gasteiger partial charge is 0 e. The van der Waals surface area contributed by atoms with E-state index in [1.807, 2.05) is 60.1 Å². The molecule has 0 N–H and O–H groups in total. The molecule has 1 fully saturated rings. The van der Waals surface area contributed by atoms with Crippen LogP contribution in [0.1, 0.15) is 51.9 Å². The van der Waals surface area contributed by atoms with Gasteiger partial charge in [-0.15, -0.1) is 23.8 Å². The summed E-state index contributed by atoms with van der Waals surface area (Å²) < 4.78 is 13.2. The Kier molecular flexibility index (Phi) is 10.5. The Bertz CT molecular complexity index is 2180. The smallest absolute Gasteiger partial charge is 0 e. The quantitative estimate of drug-likeness (QED) is 0.127. The molecule has 2 nitrogen and oxygen atoms in total. The number of aromatic nitrogens is 2. The zero-order chi connectivity index (χ0) is 33.3. The maximum absolute atomic E-state index is 9.22. The second-order valence-corrected chi connectivity index (χ2v) is 25.5. The van der Waals surface area contributed by atoms with Crippen LogP contribution in [-0.4, -0.2) is 23.2 Å². The summed E-state index contributed by atoms with van der Waals surface area (Å²) in [5, 5.41) is 5.10. The van der Waals surface area contributed by atoms with Gasteiger partial charge in [0.2, 0.25) is 0 Å². The van der Waals surface area contributed by atoms with Crippen LogP contribution in [0.5, 0.6) is 0 Å². The Hall–Kier alpha value is -3.15. The molecular formula is C43H42GeIrN2S-2. The van der Waals surface area contributed by atoms with Gasteiger partial charge in [0.05, 0.1) is 0 Å². The number of fused-ring (bicyclic) bond motifs is 4. The maximum atomic E-state index is 9.22. The van der Waals surface area contributed by atoms with Crippen molar-refractivity contribution in [1.29, 1.82) is 0 Å². The Labute approximate surface area is 307 Å². The number of hydrogen-bond acceptors (Lipinski definition) is 3. The van der Waals surface area contributed by atoms with Crippen LogP contribution >= 0.6 is 11.3 Å². The molecule has 1 aliphatic carbocycles. The van der Waals surface area contributed by atoms with E-state index in [1.165, 1.54) is 54.6 Å². The molecule has 5 heteroatoms. The van der Waals surface area contributed by atoms with Gasteiger partial charge in [0.1, 0.15) is 0 Å². The number of hydrogen-bond donors (Lipinski definition) is 0. The van der Waals surface area contributed by atoms with Gasteiger partial charge in [-0.25, -0.2) is 0 Å². The number of thiophene rings is 1. The maximum Gasteiger partial charge on any atom is 0 e. The number of nitrogens with zero attached hydrogens (tertiary/aromatic N) is 2. The summed E-state index contributed by atoms with van der Waals surface area (Å²) in [5.41, 5.74) is 5.13. The second kappa shape index (κ2) is 15.2. The summed E-state index contributed by atoms with van der Waals surface area (Å²) in [6.07, 6.45) is 10.0. The van der Waals surface area contributed by atoms with Crippen LogP contribution in [0.2, 0.25) is 17.3 Å². The number of rotatable bonds is 5. The third-order valence-electron chi connectivity index (χ3n) is 9.60. The Morgan fingerprint density at radius 2 is 1.56 bits per heavy atom. The third kappa shape index (κ3) is 7.53. The first-order valence-electron chi connectivity index (χ1n) is 17.3. The van der Waals surface area contributed by atoms with Crippen LogP contribution in [0, 0.1) is 18.1 Å². The summed E-state index contributed by atoms with van der Waals surface area (Å²) >= 11 is 0.105. The molecule has 8 rings (SSSR count). The summed E-state index contributed by atoms with van der Waals surface area (Å²) in [5.74, 6) is 6.98. The van der Waals surface area contributed by atoms with Gasteiger partial charge >= 0.3 is 99.8 Å². The molecule has 3 aromatic heterocycles.